The average molecular weight is 226 g/mol. The quantitative estimate of drug-likeness (QED) is 0.845. The summed E-state index contributed by atoms with van der Waals surface area (Å²) in [7, 11) is 0. The van der Waals surface area contributed by atoms with Crippen LogP contribution < -0.4 is 11.5 Å². The molecule has 2 aromatic rings. The summed E-state index contributed by atoms with van der Waals surface area (Å²) in [6, 6.07) is 17.8. The highest BCUT2D eigenvalue weighted by Crippen LogP contribution is 2.24. The SMILES string of the molecule is Cc1ccc([C@@H](N)[C@@H](N)c2ccccc2)cc1. The summed E-state index contributed by atoms with van der Waals surface area (Å²) in [5.41, 5.74) is 15.8. The van der Waals surface area contributed by atoms with E-state index in [2.05, 4.69) is 19.1 Å². The first-order valence-electron chi connectivity index (χ1n) is 5.81. The Morgan fingerprint density at radius 3 is 1.71 bits per heavy atom. The van der Waals surface area contributed by atoms with E-state index in [4.69, 9.17) is 11.5 Å². The Bertz CT molecular complexity index is 462. The van der Waals surface area contributed by atoms with Gasteiger partial charge in [-0.2, -0.15) is 0 Å². The Morgan fingerprint density at radius 1 is 0.706 bits per heavy atom. The molecule has 0 spiro atoms. The second-order valence-corrected chi connectivity index (χ2v) is 4.37. The van der Waals surface area contributed by atoms with Gasteiger partial charge in [0.25, 0.3) is 0 Å². The van der Waals surface area contributed by atoms with Gasteiger partial charge in [0.05, 0.1) is 0 Å². The van der Waals surface area contributed by atoms with E-state index in [1.165, 1.54) is 5.56 Å². The van der Waals surface area contributed by atoms with Crippen molar-refractivity contribution >= 4 is 0 Å². The van der Waals surface area contributed by atoms with E-state index in [0.717, 1.165) is 11.1 Å². The minimum Gasteiger partial charge on any atom is -0.322 e. The van der Waals surface area contributed by atoms with Gasteiger partial charge in [-0.05, 0) is 18.1 Å². The molecule has 0 aliphatic carbocycles. The molecule has 0 radical (unpaired) electrons. The van der Waals surface area contributed by atoms with Crippen molar-refractivity contribution in [3.05, 3.63) is 71.3 Å². The van der Waals surface area contributed by atoms with Gasteiger partial charge in [-0.15, -0.1) is 0 Å². The topological polar surface area (TPSA) is 52.0 Å². The van der Waals surface area contributed by atoms with Gasteiger partial charge in [0.1, 0.15) is 0 Å². The van der Waals surface area contributed by atoms with Crippen molar-refractivity contribution in [1.29, 1.82) is 0 Å². The molecule has 2 atom stereocenters. The Labute approximate surface area is 102 Å². The van der Waals surface area contributed by atoms with Crippen LogP contribution in [0.2, 0.25) is 0 Å². The minimum absolute atomic E-state index is 0.168. The molecule has 0 amide bonds. The van der Waals surface area contributed by atoms with E-state index >= 15 is 0 Å². The van der Waals surface area contributed by atoms with Gasteiger partial charge < -0.3 is 11.5 Å². The van der Waals surface area contributed by atoms with E-state index in [0.29, 0.717) is 0 Å². The first-order valence-corrected chi connectivity index (χ1v) is 5.81. The number of hydrogen-bond acceptors (Lipinski definition) is 2. The van der Waals surface area contributed by atoms with Crippen molar-refractivity contribution in [3.63, 3.8) is 0 Å². The zero-order valence-electron chi connectivity index (χ0n) is 10.0. The van der Waals surface area contributed by atoms with Gasteiger partial charge in [-0.1, -0.05) is 60.2 Å². The third-order valence-corrected chi connectivity index (χ3v) is 3.03. The number of aryl methyl sites for hydroxylation is 1. The maximum Gasteiger partial charge on any atom is 0.0491 e. The fraction of sp³-hybridized carbons (Fsp3) is 0.200. The zero-order valence-corrected chi connectivity index (χ0v) is 10.0. The molecule has 0 saturated carbocycles. The fourth-order valence-electron chi connectivity index (χ4n) is 1.88. The van der Waals surface area contributed by atoms with Gasteiger partial charge >= 0.3 is 0 Å². The van der Waals surface area contributed by atoms with Crippen LogP contribution in [-0.4, -0.2) is 0 Å². The number of rotatable bonds is 3. The largest absolute Gasteiger partial charge is 0.322 e. The smallest absolute Gasteiger partial charge is 0.0491 e. The molecule has 2 aromatic carbocycles. The second-order valence-electron chi connectivity index (χ2n) is 4.37. The summed E-state index contributed by atoms with van der Waals surface area (Å²) in [5.74, 6) is 0. The van der Waals surface area contributed by atoms with Gasteiger partial charge in [0.15, 0.2) is 0 Å². The van der Waals surface area contributed by atoms with E-state index < -0.39 is 0 Å². The maximum atomic E-state index is 6.20. The van der Waals surface area contributed by atoms with E-state index in [1.807, 2.05) is 42.5 Å². The molecule has 0 fully saturated rings. The molecule has 17 heavy (non-hydrogen) atoms. The van der Waals surface area contributed by atoms with Gasteiger partial charge in [-0.25, -0.2) is 0 Å². The third kappa shape index (κ3) is 2.73. The number of hydrogen-bond donors (Lipinski definition) is 2. The predicted molar refractivity (Wildman–Crippen MR) is 71.5 cm³/mol. The lowest BCUT2D eigenvalue weighted by Gasteiger charge is -2.20. The van der Waals surface area contributed by atoms with Crippen molar-refractivity contribution in [2.75, 3.05) is 0 Å². The van der Waals surface area contributed by atoms with Crippen LogP contribution in [0.3, 0.4) is 0 Å². The maximum absolute atomic E-state index is 6.20. The Kier molecular flexibility index (Phi) is 3.57. The summed E-state index contributed by atoms with van der Waals surface area (Å²) in [4.78, 5) is 0. The van der Waals surface area contributed by atoms with Crippen LogP contribution in [0.15, 0.2) is 54.6 Å². The van der Waals surface area contributed by atoms with Crippen LogP contribution >= 0.6 is 0 Å². The van der Waals surface area contributed by atoms with Gasteiger partial charge in [-0.3, -0.25) is 0 Å². The average Bonchev–Trinajstić information content (AvgIpc) is 2.39. The highest BCUT2D eigenvalue weighted by atomic mass is 14.8. The fourth-order valence-corrected chi connectivity index (χ4v) is 1.88. The van der Waals surface area contributed by atoms with E-state index in [-0.39, 0.29) is 12.1 Å². The lowest BCUT2D eigenvalue weighted by Crippen LogP contribution is -2.26. The van der Waals surface area contributed by atoms with Crippen molar-refractivity contribution in [3.8, 4) is 0 Å². The molecule has 2 nitrogen and oxygen atoms in total. The number of benzene rings is 2. The summed E-state index contributed by atoms with van der Waals surface area (Å²) in [6.45, 7) is 2.06. The van der Waals surface area contributed by atoms with Crippen molar-refractivity contribution in [1.82, 2.24) is 0 Å². The van der Waals surface area contributed by atoms with Crippen LogP contribution in [0, 0.1) is 6.92 Å². The summed E-state index contributed by atoms with van der Waals surface area (Å²) < 4.78 is 0. The highest BCUT2D eigenvalue weighted by molar-refractivity contribution is 5.28. The predicted octanol–water partition coefficient (Wildman–Crippen LogP) is 2.69. The second kappa shape index (κ2) is 5.13. The normalized spacial score (nSPS) is 14.3. The van der Waals surface area contributed by atoms with Gasteiger partial charge in [0.2, 0.25) is 0 Å². The Morgan fingerprint density at radius 2 is 1.18 bits per heavy atom. The third-order valence-electron chi connectivity index (χ3n) is 3.03. The summed E-state index contributed by atoms with van der Waals surface area (Å²) in [5, 5.41) is 0. The van der Waals surface area contributed by atoms with Crippen molar-refractivity contribution < 1.29 is 0 Å². The summed E-state index contributed by atoms with van der Waals surface area (Å²) in [6.07, 6.45) is 0. The van der Waals surface area contributed by atoms with Crippen LogP contribution in [0.5, 0.6) is 0 Å². The molecule has 2 rings (SSSR count). The lowest BCUT2D eigenvalue weighted by atomic mass is 9.94. The van der Waals surface area contributed by atoms with E-state index in [1.54, 1.807) is 0 Å². The van der Waals surface area contributed by atoms with Crippen LogP contribution in [0.1, 0.15) is 28.8 Å². The molecule has 0 unspecified atom stereocenters. The van der Waals surface area contributed by atoms with Crippen LogP contribution in [0.4, 0.5) is 0 Å². The molecule has 0 saturated heterocycles. The standard InChI is InChI=1S/C15H18N2/c1-11-7-9-13(10-8-11)15(17)14(16)12-5-3-2-4-6-12/h2-10,14-15H,16-17H2,1H3/t14-,15+/m0/s1. The molecule has 88 valence electrons. The first kappa shape index (κ1) is 11.8. The Hall–Kier alpha value is -1.64. The molecule has 4 N–H and O–H groups in total. The lowest BCUT2D eigenvalue weighted by molar-refractivity contribution is 0.574. The molecular formula is C15H18N2. The van der Waals surface area contributed by atoms with Gasteiger partial charge in [0, 0.05) is 12.1 Å². The minimum atomic E-state index is -0.169. The molecule has 0 bridgehead atoms. The molecular weight excluding hydrogens is 208 g/mol. The highest BCUT2D eigenvalue weighted by Gasteiger charge is 2.16. The van der Waals surface area contributed by atoms with Crippen molar-refractivity contribution in [2.45, 2.75) is 19.0 Å². The monoisotopic (exact) mass is 226 g/mol. The van der Waals surface area contributed by atoms with Crippen LogP contribution in [0.25, 0.3) is 0 Å². The molecule has 0 aliphatic rings. The van der Waals surface area contributed by atoms with E-state index in [9.17, 15) is 0 Å². The van der Waals surface area contributed by atoms with Crippen LogP contribution in [-0.2, 0) is 0 Å². The molecule has 0 aromatic heterocycles. The molecule has 2 heteroatoms. The number of nitrogens with two attached hydrogens (primary N) is 2. The molecule has 0 aliphatic heterocycles. The summed E-state index contributed by atoms with van der Waals surface area (Å²) >= 11 is 0. The molecule has 0 heterocycles. The Balaban J connectivity index is 2.20. The first-order chi connectivity index (χ1) is 8.18. The zero-order chi connectivity index (χ0) is 12.3. The van der Waals surface area contributed by atoms with Crippen molar-refractivity contribution in [2.24, 2.45) is 11.5 Å².